The van der Waals surface area contributed by atoms with Gasteiger partial charge in [0.25, 0.3) is 0 Å². The first-order chi connectivity index (χ1) is 9.29. The van der Waals surface area contributed by atoms with Gasteiger partial charge >= 0.3 is 0 Å². The van der Waals surface area contributed by atoms with Crippen LogP contribution < -0.4 is 9.47 Å². The molecule has 104 valence electrons. The van der Waals surface area contributed by atoms with E-state index in [0.717, 1.165) is 34.7 Å². The van der Waals surface area contributed by atoms with Crippen LogP contribution >= 0.6 is 24.0 Å². The number of hydrogen-bond acceptors (Lipinski definition) is 4. The number of likely N-dealkylation sites (tertiary alicyclic amines) is 1. The number of benzene rings is 1. The third-order valence-corrected chi connectivity index (χ3v) is 4.49. The highest BCUT2D eigenvalue weighted by Gasteiger charge is 2.14. The molecule has 0 radical (unpaired) electrons. The van der Waals surface area contributed by atoms with Crippen LogP contribution in [0.5, 0.6) is 11.5 Å². The quantitative estimate of drug-likeness (QED) is 0.613. The monoisotopic (exact) mass is 297 g/mol. The molecule has 1 saturated heterocycles. The van der Waals surface area contributed by atoms with Crippen molar-refractivity contribution in [2.75, 3.05) is 32.6 Å². The zero-order valence-corrected chi connectivity index (χ0v) is 12.8. The lowest BCUT2D eigenvalue weighted by molar-refractivity contribution is 0.342. The number of thiocarbonyl (C=S) groups is 1. The van der Waals surface area contributed by atoms with E-state index in [4.69, 9.17) is 21.7 Å². The van der Waals surface area contributed by atoms with Gasteiger partial charge in [0.15, 0.2) is 0 Å². The molecular formula is C14H19NO2S2. The molecule has 1 heterocycles. The van der Waals surface area contributed by atoms with Crippen LogP contribution in [0.1, 0.15) is 12.8 Å². The van der Waals surface area contributed by atoms with E-state index in [1.807, 2.05) is 24.3 Å². The molecule has 1 aliphatic rings. The first-order valence-corrected chi connectivity index (χ1v) is 7.87. The highest BCUT2D eigenvalue weighted by molar-refractivity contribution is 8.22. The number of methoxy groups -OCH3 is 1. The molecule has 5 heteroatoms. The van der Waals surface area contributed by atoms with Gasteiger partial charge in [0, 0.05) is 18.8 Å². The molecule has 3 nitrogen and oxygen atoms in total. The molecule has 1 fully saturated rings. The minimum absolute atomic E-state index is 0.672. The molecule has 0 bridgehead atoms. The van der Waals surface area contributed by atoms with Crippen LogP contribution in [0, 0.1) is 0 Å². The summed E-state index contributed by atoms with van der Waals surface area (Å²) in [6.45, 7) is 2.90. The third kappa shape index (κ3) is 4.58. The summed E-state index contributed by atoms with van der Waals surface area (Å²) >= 11 is 7.10. The highest BCUT2D eigenvalue weighted by Crippen LogP contribution is 2.18. The Bertz CT molecular complexity index is 402. The first-order valence-electron chi connectivity index (χ1n) is 6.48. The van der Waals surface area contributed by atoms with Crippen LogP contribution in [0.15, 0.2) is 24.3 Å². The molecule has 2 rings (SSSR count). The molecule has 0 amide bonds. The smallest absolute Gasteiger partial charge is 0.136 e. The van der Waals surface area contributed by atoms with Crippen molar-refractivity contribution < 1.29 is 9.47 Å². The lowest BCUT2D eigenvalue weighted by Crippen LogP contribution is -2.24. The van der Waals surface area contributed by atoms with Crippen LogP contribution in [-0.2, 0) is 0 Å². The van der Waals surface area contributed by atoms with Gasteiger partial charge < -0.3 is 14.4 Å². The molecular weight excluding hydrogens is 278 g/mol. The van der Waals surface area contributed by atoms with Crippen LogP contribution in [0.3, 0.4) is 0 Å². The predicted molar refractivity (Wildman–Crippen MR) is 84.4 cm³/mol. The fourth-order valence-electron chi connectivity index (χ4n) is 1.95. The molecule has 0 saturated carbocycles. The summed E-state index contributed by atoms with van der Waals surface area (Å²) in [6, 6.07) is 7.64. The van der Waals surface area contributed by atoms with E-state index in [9.17, 15) is 0 Å². The Morgan fingerprint density at radius 1 is 1.21 bits per heavy atom. The van der Waals surface area contributed by atoms with Crippen molar-refractivity contribution in [1.29, 1.82) is 0 Å². The number of thioether (sulfide) groups is 1. The molecule has 19 heavy (non-hydrogen) atoms. The minimum Gasteiger partial charge on any atom is -0.497 e. The van der Waals surface area contributed by atoms with Gasteiger partial charge in [-0.25, -0.2) is 0 Å². The van der Waals surface area contributed by atoms with Crippen LogP contribution in [0.2, 0.25) is 0 Å². The lowest BCUT2D eigenvalue weighted by Gasteiger charge is -2.17. The van der Waals surface area contributed by atoms with Gasteiger partial charge in [0.2, 0.25) is 0 Å². The first kappa shape index (κ1) is 14.5. The molecule has 1 aliphatic heterocycles. The molecule has 1 aromatic rings. The second-order valence-electron chi connectivity index (χ2n) is 4.33. The number of hydrogen-bond donors (Lipinski definition) is 0. The largest absolute Gasteiger partial charge is 0.497 e. The van der Waals surface area contributed by atoms with Crippen molar-refractivity contribution in [1.82, 2.24) is 4.90 Å². The molecule has 0 aliphatic carbocycles. The van der Waals surface area contributed by atoms with Crippen molar-refractivity contribution in [2.45, 2.75) is 12.8 Å². The van der Waals surface area contributed by atoms with Crippen molar-refractivity contribution in [3.8, 4) is 11.5 Å². The zero-order valence-electron chi connectivity index (χ0n) is 11.1. The summed E-state index contributed by atoms with van der Waals surface area (Å²) in [6.07, 6.45) is 2.53. The Morgan fingerprint density at radius 3 is 2.47 bits per heavy atom. The van der Waals surface area contributed by atoms with E-state index >= 15 is 0 Å². The van der Waals surface area contributed by atoms with Gasteiger partial charge in [-0.15, -0.1) is 0 Å². The van der Waals surface area contributed by atoms with Crippen molar-refractivity contribution in [2.24, 2.45) is 0 Å². The fourth-order valence-corrected chi connectivity index (χ4v) is 3.09. The van der Waals surface area contributed by atoms with Crippen molar-refractivity contribution >= 4 is 28.3 Å². The van der Waals surface area contributed by atoms with E-state index in [2.05, 4.69) is 4.90 Å². The van der Waals surface area contributed by atoms with Gasteiger partial charge in [-0.3, -0.25) is 0 Å². The Kier molecular flexibility index (Phi) is 5.79. The predicted octanol–water partition coefficient (Wildman–Crippen LogP) is 3.19. The standard InChI is InChI=1S/C14H19NO2S2/c1-16-12-4-6-13(7-5-12)17-10-11-19-14(18)15-8-2-3-9-15/h4-7H,2-3,8-11H2,1H3. The third-order valence-electron chi connectivity index (χ3n) is 3.00. The molecule has 0 atom stereocenters. The summed E-state index contributed by atoms with van der Waals surface area (Å²) < 4.78 is 11.8. The SMILES string of the molecule is COc1ccc(OCCSC(=S)N2CCCC2)cc1. The summed E-state index contributed by atoms with van der Waals surface area (Å²) in [5.74, 6) is 2.60. The van der Waals surface area contributed by atoms with E-state index in [1.54, 1.807) is 18.9 Å². The minimum atomic E-state index is 0.672. The Balaban J connectivity index is 1.64. The lowest BCUT2D eigenvalue weighted by atomic mass is 10.3. The Morgan fingerprint density at radius 2 is 1.84 bits per heavy atom. The summed E-state index contributed by atoms with van der Waals surface area (Å²) in [5, 5.41) is 0. The molecule has 0 spiro atoms. The maximum Gasteiger partial charge on any atom is 0.136 e. The molecule has 1 aromatic carbocycles. The van der Waals surface area contributed by atoms with Gasteiger partial charge in [-0.05, 0) is 37.1 Å². The van der Waals surface area contributed by atoms with E-state index < -0.39 is 0 Å². The van der Waals surface area contributed by atoms with Gasteiger partial charge in [-0.2, -0.15) is 0 Å². The number of ether oxygens (including phenoxy) is 2. The number of nitrogens with zero attached hydrogens (tertiary/aromatic N) is 1. The zero-order chi connectivity index (χ0) is 13.5. The topological polar surface area (TPSA) is 21.7 Å². The van der Waals surface area contributed by atoms with Crippen LogP contribution in [0.4, 0.5) is 0 Å². The molecule has 0 aromatic heterocycles. The Hall–Kier alpha value is -0.940. The van der Waals surface area contributed by atoms with Crippen LogP contribution in [-0.4, -0.2) is 41.8 Å². The Labute approximate surface area is 124 Å². The molecule has 0 unspecified atom stereocenters. The average molecular weight is 297 g/mol. The fraction of sp³-hybridized carbons (Fsp3) is 0.500. The van der Waals surface area contributed by atoms with E-state index in [-0.39, 0.29) is 0 Å². The summed E-state index contributed by atoms with van der Waals surface area (Å²) in [7, 11) is 1.66. The van der Waals surface area contributed by atoms with Gasteiger partial charge in [0.05, 0.1) is 13.7 Å². The van der Waals surface area contributed by atoms with Gasteiger partial charge in [0.1, 0.15) is 15.8 Å². The maximum absolute atomic E-state index is 5.66. The average Bonchev–Trinajstić information content (AvgIpc) is 2.98. The van der Waals surface area contributed by atoms with E-state index in [0.29, 0.717) is 6.61 Å². The van der Waals surface area contributed by atoms with Gasteiger partial charge in [-0.1, -0.05) is 24.0 Å². The highest BCUT2D eigenvalue weighted by atomic mass is 32.2. The maximum atomic E-state index is 5.66. The second-order valence-corrected chi connectivity index (χ2v) is 6.06. The summed E-state index contributed by atoms with van der Waals surface area (Å²) in [4.78, 5) is 2.29. The van der Waals surface area contributed by atoms with Crippen molar-refractivity contribution in [3.63, 3.8) is 0 Å². The molecule has 0 N–H and O–H groups in total. The van der Waals surface area contributed by atoms with Crippen LogP contribution in [0.25, 0.3) is 0 Å². The second kappa shape index (κ2) is 7.60. The summed E-state index contributed by atoms with van der Waals surface area (Å²) in [5.41, 5.74) is 0. The normalized spacial score (nSPS) is 14.5. The van der Waals surface area contributed by atoms with Crippen molar-refractivity contribution in [3.05, 3.63) is 24.3 Å². The number of rotatable bonds is 5. The van der Waals surface area contributed by atoms with E-state index in [1.165, 1.54) is 12.8 Å².